The van der Waals surface area contributed by atoms with Gasteiger partial charge in [0.05, 0.1) is 37.0 Å². The Morgan fingerprint density at radius 2 is 0.742 bits per heavy atom. The fourth-order valence-corrected chi connectivity index (χ4v) is 13.6. The number of aromatic hydroxyl groups is 4. The van der Waals surface area contributed by atoms with Gasteiger partial charge in [0.25, 0.3) is 6.47 Å². The van der Waals surface area contributed by atoms with Crippen LogP contribution in [0.15, 0.2) is 48.5 Å². The molecule has 1 atom stereocenters. The number of fused-ring (bicyclic) bond motifs is 10. The third kappa shape index (κ3) is 12.6. The van der Waals surface area contributed by atoms with Crippen molar-refractivity contribution in [2.24, 2.45) is 0 Å². The number of halogens is 5. The number of phenols is 4. The molecule has 24 heteroatoms. The number of carbonyl (C=O) groups is 1. The van der Waals surface area contributed by atoms with E-state index in [-0.39, 0.29) is 208 Å². The summed E-state index contributed by atoms with van der Waals surface area (Å²) >= 11 is 0. The zero-order valence-corrected chi connectivity index (χ0v) is 57.1. The molecule has 0 radical (unpaired) electrons. The standard InChI is InChI=1S/C33H32N2O6.C21H24O4.C8F4N2.CH3F.CH2O3.CH4.2K.H/c1-31(2)15-33(21-11-24(37-6)23(36-5)9-19(21)31)16-32(3,4)20-10-25-26(12-22(20)33)41-30-18(14-35)28(39-8)27(38-7)17(13-34)29(30)40-25;1-19(2)9-21(13-7-17(24)15(22)5-11(13)19)10-20(3,4)12-6-16(23)18(25)8-14(12)21;9-5-3(1-13)6(10)8(12)4(2-14)7(5)11;1-2;2-1-4-3;;;;/h9-12H,15-16H2,1-8H3;5-8,22-25H,9-10H2,1-4H3;;1H3;1,3H;1H4;;;/q;;;;;;2*+1;-1/p-1/i;;;1D;;;;;. The van der Waals surface area contributed by atoms with Crippen molar-refractivity contribution >= 4 is 6.47 Å². The van der Waals surface area contributed by atoms with Gasteiger partial charge in [-0.15, -0.1) is 0 Å². The summed E-state index contributed by atoms with van der Waals surface area (Å²) < 4.78 is 102. The smallest absolute Gasteiger partial charge is 1.00 e. The molecule has 6 aromatic carbocycles. The molecule has 460 valence electrons. The molecule has 1 aliphatic heterocycles. The van der Waals surface area contributed by atoms with Crippen LogP contribution in [0.5, 0.6) is 69.0 Å². The van der Waals surface area contributed by atoms with Crippen LogP contribution in [0, 0.1) is 68.6 Å². The Morgan fingerprint density at radius 1 is 0.506 bits per heavy atom. The van der Waals surface area contributed by atoms with Crippen molar-refractivity contribution in [2.45, 2.75) is 121 Å². The molecule has 2 spiro atoms. The first-order chi connectivity index (χ1) is 40.8. The number of nitrogens with zero attached hydrogens (tertiary/aromatic N) is 4. The van der Waals surface area contributed by atoms with Crippen LogP contribution in [0.25, 0.3) is 0 Å². The molecule has 0 fully saturated rings. The van der Waals surface area contributed by atoms with E-state index in [0.29, 0.717) is 23.0 Å². The van der Waals surface area contributed by atoms with Gasteiger partial charge in [-0.1, -0.05) is 62.8 Å². The number of alkyl halides is 1. The van der Waals surface area contributed by atoms with Gasteiger partial charge in [-0.05, 0) is 140 Å². The second kappa shape index (κ2) is 28.0. The first kappa shape index (κ1) is 73.4. The van der Waals surface area contributed by atoms with Crippen LogP contribution < -0.4 is 136 Å². The molecule has 1 heterocycles. The van der Waals surface area contributed by atoms with E-state index in [2.05, 4.69) is 84.5 Å². The molecule has 5 aliphatic rings. The van der Waals surface area contributed by atoms with Crippen LogP contribution in [0.4, 0.5) is 22.0 Å². The van der Waals surface area contributed by atoms with Gasteiger partial charge in [-0.2, -0.15) is 21.0 Å². The molecule has 0 aromatic heterocycles. The molecule has 0 bridgehead atoms. The van der Waals surface area contributed by atoms with E-state index in [1.54, 1.807) is 38.5 Å². The Morgan fingerprint density at radius 3 is 1.01 bits per heavy atom. The first-order valence-corrected chi connectivity index (χ1v) is 26.2. The van der Waals surface area contributed by atoms with Gasteiger partial charge < -0.3 is 60.4 Å². The molecule has 0 amide bonds. The van der Waals surface area contributed by atoms with Gasteiger partial charge in [-0.25, -0.2) is 17.6 Å². The number of hydrogen-bond donors (Lipinski definition) is 4. The van der Waals surface area contributed by atoms with Crippen molar-refractivity contribution in [3.05, 3.63) is 139 Å². The van der Waals surface area contributed by atoms with Gasteiger partial charge in [0.2, 0.25) is 0 Å². The van der Waals surface area contributed by atoms with Gasteiger partial charge in [0.15, 0.2) is 92.3 Å². The van der Waals surface area contributed by atoms with E-state index in [1.165, 1.54) is 25.3 Å². The average Bonchev–Trinajstić information content (AvgIpc) is 1.54. The third-order valence-electron chi connectivity index (χ3n) is 16.7. The Bertz CT molecular complexity index is 3850. The Kier molecular flexibility index (Phi) is 23.1. The van der Waals surface area contributed by atoms with Gasteiger partial charge in [0.1, 0.15) is 46.5 Å². The van der Waals surface area contributed by atoms with E-state index < -0.39 is 41.5 Å². The minimum absolute atomic E-state index is 0. The number of methoxy groups -OCH3 is 4. The van der Waals surface area contributed by atoms with E-state index in [4.69, 9.17) is 50.4 Å². The van der Waals surface area contributed by atoms with E-state index in [1.807, 2.05) is 12.1 Å². The van der Waals surface area contributed by atoms with Gasteiger partial charge >= 0.3 is 103 Å². The number of carbonyl (C=O) groups excluding carboxylic acids is 1. The summed E-state index contributed by atoms with van der Waals surface area (Å²) in [5, 5.41) is 85.1. The molecule has 11 rings (SSSR count). The quantitative estimate of drug-likeness (QED) is 0.0258. The summed E-state index contributed by atoms with van der Waals surface area (Å²) in [6, 6.07) is 21.2. The molecule has 6 aromatic rings. The molecule has 17 nitrogen and oxygen atoms in total. The average molecular weight is 1280 g/mol. The fourth-order valence-electron chi connectivity index (χ4n) is 13.6. The van der Waals surface area contributed by atoms with E-state index >= 15 is 0 Å². The molecular weight excluding hydrogens is 1220 g/mol. The second-order valence-electron chi connectivity index (χ2n) is 23.6. The maximum absolute atomic E-state index is 12.7. The first-order valence-electron chi connectivity index (χ1n) is 26.9. The summed E-state index contributed by atoms with van der Waals surface area (Å²) in [5.74, 6) is -4.96. The van der Waals surface area contributed by atoms with Crippen LogP contribution in [-0.2, 0) is 42.2 Å². The summed E-state index contributed by atoms with van der Waals surface area (Å²) in [7, 11) is 5.17. The third-order valence-corrected chi connectivity index (χ3v) is 16.7. The second-order valence-corrected chi connectivity index (χ2v) is 23.6. The summed E-state index contributed by atoms with van der Waals surface area (Å²) in [4.78, 5) is 11.2. The van der Waals surface area contributed by atoms with Crippen molar-refractivity contribution < 1.29 is 191 Å². The molecule has 1 unspecified atom stereocenters. The molecule has 89 heavy (non-hydrogen) atoms. The fraction of sp³-hybridized carbons (Fsp3) is 0.369. The van der Waals surface area contributed by atoms with Crippen molar-refractivity contribution in [3.63, 3.8) is 0 Å². The van der Waals surface area contributed by atoms with Gasteiger partial charge in [0, 0.05) is 10.8 Å². The minimum atomic E-state index is -1.86. The largest absolute Gasteiger partial charge is 1.00 e. The van der Waals surface area contributed by atoms with Crippen LogP contribution in [0.1, 0.15) is 158 Å². The Balaban J connectivity index is 0.000000368. The van der Waals surface area contributed by atoms with Crippen LogP contribution in [0.3, 0.4) is 0 Å². The number of phenolic OH excluding ortho intramolecular Hbond substituents is 4. The van der Waals surface area contributed by atoms with E-state index in [9.17, 15) is 52.9 Å². The Hall–Kier alpha value is -6.37. The van der Waals surface area contributed by atoms with Crippen molar-refractivity contribution in [1.82, 2.24) is 0 Å². The normalized spacial score (nSPS) is 17.0. The van der Waals surface area contributed by atoms with Crippen molar-refractivity contribution in [1.29, 1.82) is 21.0 Å². The number of benzene rings is 6. The zero-order chi connectivity index (χ0) is 64.8. The molecule has 0 saturated heterocycles. The topological polar surface area (TPSA) is 281 Å². The minimum Gasteiger partial charge on any atom is -1.00 e. The van der Waals surface area contributed by atoms with Crippen molar-refractivity contribution in [3.8, 4) is 93.3 Å². The van der Waals surface area contributed by atoms with Gasteiger partial charge in [-0.3, -0.25) is 9.18 Å². The molecular formula is C65H65F5K2N4O13. The maximum atomic E-state index is 12.7. The number of rotatable bonds is 5. The molecule has 4 aliphatic carbocycles. The summed E-state index contributed by atoms with van der Waals surface area (Å²) in [5.41, 5.74) is 4.98. The maximum Gasteiger partial charge on any atom is 1.00 e. The summed E-state index contributed by atoms with van der Waals surface area (Å²) in [6.45, 7) is 17.4. The number of hydrogen-bond acceptors (Lipinski definition) is 17. The van der Waals surface area contributed by atoms with Crippen molar-refractivity contribution in [2.75, 3.05) is 35.6 Å². The number of ether oxygens (including phenoxy) is 6. The molecule has 0 saturated carbocycles. The van der Waals surface area contributed by atoms with E-state index in [0.717, 1.165) is 71.2 Å². The summed E-state index contributed by atoms with van der Waals surface area (Å²) in [6.07, 6.45) is 3.41. The Labute approximate surface area is 600 Å². The predicted octanol–water partition coefficient (Wildman–Crippen LogP) is 6.93. The number of nitriles is 4. The van der Waals surface area contributed by atoms with Crippen LogP contribution in [0.2, 0.25) is 0 Å². The van der Waals surface area contributed by atoms with Crippen LogP contribution in [-0.4, -0.2) is 62.5 Å². The monoisotopic (exact) mass is 1280 g/mol. The SMILES string of the molecule is C.CC1(C)CC2(CC(C)(C)c3cc(O)c(O)cc32)c2cc(O)c(O)cc21.COc1cc2c(cc1OC)C1(CC2(C)C)CC(C)(C)c2cc3c(cc21)Oc1c(C#N)c(OC)c(OC)c(C#N)c1O3.N#Cc1c(F)c(F)c(C#N)c(F)c1F.O=CO[O-].[2H]CF.[H-].[K+].[K+]. The predicted molar refractivity (Wildman–Crippen MR) is 305 cm³/mol. The zero-order valence-electron chi connectivity index (χ0n) is 52.9. The molecule has 4 N–H and O–H groups in total. The van der Waals surface area contributed by atoms with Crippen LogP contribution >= 0.6 is 0 Å².